The summed E-state index contributed by atoms with van der Waals surface area (Å²) in [6.45, 7) is 1.47. The number of aromatic nitrogens is 2. The van der Waals surface area contributed by atoms with E-state index in [-0.39, 0.29) is 0 Å². The number of nitriles is 1. The third-order valence-electron chi connectivity index (χ3n) is 2.92. The van der Waals surface area contributed by atoms with E-state index in [1.807, 2.05) is 6.07 Å². The summed E-state index contributed by atoms with van der Waals surface area (Å²) in [6.07, 6.45) is 0. The van der Waals surface area contributed by atoms with E-state index >= 15 is 0 Å². The minimum absolute atomic E-state index is 0.312. The molecular formula is C14H12N4O3. The van der Waals surface area contributed by atoms with E-state index in [9.17, 15) is 14.4 Å². The second-order valence-corrected chi connectivity index (χ2v) is 4.34. The van der Waals surface area contributed by atoms with Crippen molar-refractivity contribution in [3.8, 4) is 6.07 Å². The van der Waals surface area contributed by atoms with Crippen molar-refractivity contribution in [2.75, 3.05) is 5.32 Å². The molecular weight excluding hydrogens is 272 g/mol. The van der Waals surface area contributed by atoms with Gasteiger partial charge in [0.15, 0.2) is 0 Å². The largest absolute Gasteiger partial charge is 0.323 e. The molecule has 1 aromatic heterocycles. The zero-order valence-electron chi connectivity index (χ0n) is 11.2. The van der Waals surface area contributed by atoms with E-state index in [1.54, 1.807) is 24.3 Å². The maximum atomic E-state index is 12.1. The first-order valence-corrected chi connectivity index (χ1v) is 6.15. The van der Waals surface area contributed by atoms with Crippen LogP contribution in [0.4, 0.5) is 5.69 Å². The van der Waals surface area contributed by atoms with Gasteiger partial charge in [-0.25, -0.2) is 4.68 Å². The molecule has 0 fully saturated rings. The number of benzene rings is 1. The first-order chi connectivity index (χ1) is 10.0. The summed E-state index contributed by atoms with van der Waals surface area (Å²) < 4.78 is 0.937. The van der Waals surface area contributed by atoms with Crippen LogP contribution in [0.15, 0.2) is 46.0 Å². The van der Waals surface area contributed by atoms with Crippen LogP contribution in [0.2, 0.25) is 0 Å². The molecule has 0 saturated heterocycles. The third-order valence-corrected chi connectivity index (χ3v) is 2.92. The molecule has 0 spiro atoms. The summed E-state index contributed by atoms with van der Waals surface area (Å²) in [7, 11) is 0. The van der Waals surface area contributed by atoms with Gasteiger partial charge in [-0.15, -0.1) is 0 Å². The van der Waals surface area contributed by atoms with Gasteiger partial charge in [0, 0.05) is 12.1 Å². The van der Waals surface area contributed by atoms with Crippen LogP contribution >= 0.6 is 0 Å². The standard InChI is InChI=1S/C14H12N4O3/c1-9(18-13(20)7-6-12(19)17-18)14(21)16-11-5-3-2-4-10(11)8-15/h2-7,9H,1H3,(H,16,21)(H,17,19). The average Bonchev–Trinajstić information content (AvgIpc) is 2.49. The van der Waals surface area contributed by atoms with Gasteiger partial charge >= 0.3 is 0 Å². The molecule has 2 rings (SSSR count). The molecule has 2 N–H and O–H groups in total. The minimum Gasteiger partial charge on any atom is -0.323 e. The van der Waals surface area contributed by atoms with E-state index < -0.39 is 23.1 Å². The number of H-pyrrole nitrogens is 1. The number of nitrogens with one attached hydrogen (secondary N) is 2. The van der Waals surface area contributed by atoms with Gasteiger partial charge in [-0.05, 0) is 19.1 Å². The number of rotatable bonds is 3. The first-order valence-electron chi connectivity index (χ1n) is 6.15. The molecule has 0 aliphatic rings. The normalized spacial score (nSPS) is 11.4. The van der Waals surface area contributed by atoms with E-state index in [2.05, 4.69) is 10.4 Å². The Kier molecular flexibility index (Phi) is 4.00. The number of hydrogen-bond acceptors (Lipinski definition) is 4. The molecule has 0 bridgehead atoms. The molecule has 1 aromatic carbocycles. The maximum absolute atomic E-state index is 12.1. The van der Waals surface area contributed by atoms with Crippen molar-refractivity contribution in [2.45, 2.75) is 13.0 Å². The fourth-order valence-electron chi connectivity index (χ4n) is 1.77. The molecule has 2 aromatic rings. The van der Waals surface area contributed by atoms with Crippen molar-refractivity contribution >= 4 is 11.6 Å². The number of nitrogens with zero attached hydrogens (tertiary/aromatic N) is 2. The van der Waals surface area contributed by atoms with Crippen molar-refractivity contribution in [3.63, 3.8) is 0 Å². The van der Waals surface area contributed by atoms with Crippen LogP contribution in [0.25, 0.3) is 0 Å². The van der Waals surface area contributed by atoms with E-state index in [1.165, 1.54) is 6.92 Å². The number of hydrogen-bond donors (Lipinski definition) is 2. The summed E-state index contributed by atoms with van der Waals surface area (Å²) in [5.41, 5.74) is -0.312. The van der Waals surface area contributed by atoms with Crippen LogP contribution < -0.4 is 16.4 Å². The van der Waals surface area contributed by atoms with Crippen LogP contribution in [-0.2, 0) is 4.79 Å². The van der Waals surface area contributed by atoms with Crippen LogP contribution in [0.1, 0.15) is 18.5 Å². The highest BCUT2D eigenvalue weighted by atomic mass is 16.2. The van der Waals surface area contributed by atoms with Gasteiger partial charge in [0.05, 0.1) is 11.3 Å². The van der Waals surface area contributed by atoms with Gasteiger partial charge in [0.2, 0.25) is 5.91 Å². The smallest absolute Gasteiger partial charge is 0.265 e. The van der Waals surface area contributed by atoms with Gasteiger partial charge in [0.1, 0.15) is 12.1 Å². The fourth-order valence-corrected chi connectivity index (χ4v) is 1.77. The highest BCUT2D eigenvalue weighted by Crippen LogP contribution is 2.15. The highest BCUT2D eigenvalue weighted by Gasteiger charge is 2.17. The van der Waals surface area contributed by atoms with Crippen LogP contribution in [0, 0.1) is 11.3 Å². The monoisotopic (exact) mass is 284 g/mol. The number of para-hydroxylation sites is 1. The lowest BCUT2D eigenvalue weighted by Crippen LogP contribution is -2.36. The molecule has 1 heterocycles. The maximum Gasteiger partial charge on any atom is 0.265 e. The fraction of sp³-hybridized carbons (Fsp3) is 0.143. The Bertz CT molecular complexity index is 829. The molecule has 7 heteroatoms. The van der Waals surface area contributed by atoms with Gasteiger partial charge in [0.25, 0.3) is 11.1 Å². The Morgan fingerprint density at radius 2 is 2.00 bits per heavy atom. The topological polar surface area (TPSA) is 108 Å². The predicted octanol–water partition coefficient (Wildman–Crippen LogP) is 0.608. The Morgan fingerprint density at radius 3 is 2.71 bits per heavy atom. The van der Waals surface area contributed by atoms with E-state index in [4.69, 9.17) is 5.26 Å². The van der Waals surface area contributed by atoms with Gasteiger partial charge in [-0.3, -0.25) is 19.5 Å². The highest BCUT2D eigenvalue weighted by molar-refractivity contribution is 5.94. The van der Waals surface area contributed by atoms with Gasteiger partial charge < -0.3 is 5.32 Å². The zero-order valence-corrected chi connectivity index (χ0v) is 11.2. The number of carbonyl (C=O) groups is 1. The Labute approximate surface area is 119 Å². The van der Waals surface area contributed by atoms with Crippen molar-refractivity contribution in [2.24, 2.45) is 0 Å². The molecule has 1 unspecified atom stereocenters. The Balaban J connectivity index is 2.28. The van der Waals surface area contributed by atoms with E-state index in [0.29, 0.717) is 11.3 Å². The van der Waals surface area contributed by atoms with E-state index in [0.717, 1.165) is 16.8 Å². The predicted molar refractivity (Wildman–Crippen MR) is 75.8 cm³/mol. The van der Waals surface area contributed by atoms with Gasteiger partial charge in [-0.1, -0.05) is 12.1 Å². The van der Waals surface area contributed by atoms with Crippen LogP contribution in [0.5, 0.6) is 0 Å². The SMILES string of the molecule is CC(C(=O)Nc1ccccc1C#N)n1[nH]c(=O)ccc1=O. The van der Waals surface area contributed by atoms with Crippen LogP contribution in [-0.4, -0.2) is 15.7 Å². The third kappa shape index (κ3) is 3.06. The minimum atomic E-state index is -0.918. The van der Waals surface area contributed by atoms with Crippen molar-refractivity contribution in [3.05, 3.63) is 62.7 Å². The first kappa shape index (κ1) is 14.3. The lowest BCUT2D eigenvalue weighted by Gasteiger charge is -2.14. The number of aromatic amines is 1. The van der Waals surface area contributed by atoms with Crippen molar-refractivity contribution < 1.29 is 4.79 Å². The molecule has 1 amide bonds. The van der Waals surface area contributed by atoms with Crippen molar-refractivity contribution in [1.82, 2.24) is 9.78 Å². The zero-order chi connectivity index (χ0) is 15.4. The summed E-state index contributed by atoms with van der Waals surface area (Å²) >= 11 is 0. The summed E-state index contributed by atoms with van der Waals surface area (Å²) in [4.78, 5) is 35.0. The molecule has 106 valence electrons. The Hall–Kier alpha value is -3.14. The molecule has 1 atom stereocenters. The van der Waals surface area contributed by atoms with Crippen molar-refractivity contribution in [1.29, 1.82) is 5.26 Å². The summed E-state index contributed by atoms with van der Waals surface area (Å²) in [5, 5.41) is 13.8. The molecule has 0 aliphatic carbocycles. The number of amides is 1. The summed E-state index contributed by atoms with van der Waals surface area (Å²) in [5.74, 6) is -0.512. The molecule has 0 saturated carbocycles. The second-order valence-electron chi connectivity index (χ2n) is 4.34. The molecule has 7 nitrogen and oxygen atoms in total. The lowest BCUT2D eigenvalue weighted by atomic mass is 10.2. The quantitative estimate of drug-likeness (QED) is 0.860. The molecule has 0 aliphatic heterocycles. The number of carbonyl (C=O) groups excluding carboxylic acids is 1. The second kappa shape index (κ2) is 5.88. The average molecular weight is 284 g/mol. The van der Waals surface area contributed by atoms with Crippen LogP contribution in [0.3, 0.4) is 0 Å². The lowest BCUT2D eigenvalue weighted by molar-refractivity contribution is -0.119. The molecule has 21 heavy (non-hydrogen) atoms. The Morgan fingerprint density at radius 1 is 1.29 bits per heavy atom. The number of anilines is 1. The molecule has 0 radical (unpaired) electrons. The van der Waals surface area contributed by atoms with Gasteiger partial charge in [-0.2, -0.15) is 5.26 Å². The summed E-state index contributed by atoms with van der Waals surface area (Å²) in [6, 6.07) is 9.73.